The average molecular weight is 230 g/mol. The molecular weight excluding hydrogens is 222 g/mol. The quantitative estimate of drug-likeness (QED) is 0.796. The van der Waals surface area contributed by atoms with Crippen molar-refractivity contribution in [3.63, 3.8) is 0 Å². The third-order valence-corrected chi connectivity index (χ3v) is 2.61. The first-order valence-corrected chi connectivity index (χ1v) is 5.11. The maximum Gasteiger partial charge on any atom is 0.0892 e. The maximum atomic E-state index is 8.67. The van der Waals surface area contributed by atoms with Crippen LogP contribution >= 0.6 is 11.6 Å². The summed E-state index contributed by atoms with van der Waals surface area (Å²) in [5, 5.41) is 9.20. The molecule has 2 aromatic heterocycles. The molecule has 16 heavy (non-hydrogen) atoms. The van der Waals surface area contributed by atoms with Crippen molar-refractivity contribution in [2.24, 2.45) is 0 Å². The molecule has 2 rings (SSSR count). The molecule has 0 aromatic carbocycles. The zero-order valence-corrected chi connectivity index (χ0v) is 9.15. The molecule has 0 aliphatic rings. The number of aromatic nitrogens is 2. The fourth-order valence-electron chi connectivity index (χ4n) is 1.42. The van der Waals surface area contributed by atoms with Gasteiger partial charge in [0.1, 0.15) is 0 Å². The third kappa shape index (κ3) is 2.02. The van der Waals surface area contributed by atoms with E-state index in [9.17, 15) is 0 Å². The lowest BCUT2D eigenvalue weighted by Crippen LogP contribution is -1.91. The molecule has 78 valence electrons. The van der Waals surface area contributed by atoms with Gasteiger partial charge in [-0.1, -0.05) is 11.6 Å². The Bertz CT molecular complexity index is 532. The van der Waals surface area contributed by atoms with Gasteiger partial charge >= 0.3 is 0 Å². The van der Waals surface area contributed by atoms with Crippen LogP contribution in [0.2, 0.25) is 5.02 Å². The molecule has 4 heteroatoms. The lowest BCUT2D eigenvalue weighted by atomic mass is 10.1. The van der Waals surface area contributed by atoms with E-state index < -0.39 is 0 Å². The first-order chi connectivity index (χ1) is 7.83. The van der Waals surface area contributed by atoms with Crippen molar-refractivity contribution in [1.29, 1.82) is 5.26 Å². The SMILES string of the molecule is N#CCc1ccnc(-c2ccncc2)c1Cl. The number of hydrogen-bond donors (Lipinski definition) is 0. The van der Waals surface area contributed by atoms with E-state index in [0.717, 1.165) is 11.1 Å². The monoisotopic (exact) mass is 229 g/mol. The van der Waals surface area contributed by atoms with Gasteiger partial charge in [-0.2, -0.15) is 5.26 Å². The van der Waals surface area contributed by atoms with Crippen LogP contribution in [0.15, 0.2) is 36.8 Å². The molecule has 0 atom stereocenters. The highest BCUT2D eigenvalue weighted by molar-refractivity contribution is 6.33. The topological polar surface area (TPSA) is 49.6 Å². The lowest BCUT2D eigenvalue weighted by Gasteiger charge is -2.05. The minimum Gasteiger partial charge on any atom is -0.265 e. The Morgan fingerprint density at radius 3 is 2.62 bits per heavy atom. The van der Waals surface area contributed by atoms with Crippen molar-refractivity contribution in [1.82, 2.24) is 9.97 Å². The van der Waals surface area contributed by atoms with E-state index in [1.165, 1.54) is 0 Å². The number of rotatable bonds is 2. The summed E-state index contributed by atoms with van der Waals surface area (Å²) in [6, 6.07) is 7.51. The fourth-order valence-corrected chi connectivity index (χ4v) is 1.70. The first-order valence-electron chi connectivity index (χ1n) is 4.73. The minimum absolute atomic E-state index is 0.291. The number of pyridine rings is 2. The van der Waals surface area contributed by atoms with Crippen LogP contribution in [0.5, 0.6) is 0 Å². The van der Waals surface area contributed by atoms with Crippen molar-refractivity contribution in [2.45, 2.75) is 6.42 Å². The summed E-state index contributed by atoms with van der Waals surface area (Å²) in [5.41, 5.74) is 2.39. The van der Waals surface area contributed by atoms with Crippen LogP contribution in [-0.4, -0.2) is 9.97 Å². The second-order valence-corrected chi connectivity index (χ2v) is 3.58. The first kappa shape index (κ1) is 10.6. The Balaban J connectivity index is 2.51. The number of nitrogens with zero attached hydrogens (tertiary/aromatic N) is 3. The predicted molar refractivity (Wildman–Crippen MR) is 61.8 cm³/mol. The summed E-state index contributed by atoms with van der Waals surface area (Å²) in [6.07, 6.45) is 5.32. The Morgan fingerprint density at radius 1 is 1.19 bits per heavy atom. The van der Waals surface area contributed by atoms with Gasteiger partial charge in [0, 0.05) is 24.2 Å². The van der Waals surface area contributed by atoms with Gasteiger partial charge < -0.3 is 0 Å². The Hall–Kier alpha value is -1.92. The van der Waals surface area contributed by atoms with E-state index in [-0.39, 0.29) is 0 Å². The second kappa shape index (κ2) is 4.73. The van der Waals surface area contributed by atoms with Crippen LogP contribution < -0.4 is 0 Å². The van der Waals surface area contributed by atoms with E-state index in [0.29, 0.717) is 17.1 Å². The van der Waals surface area contributed by atoms with Gasteiger partial charge in [-0.3, -0.25) is 9.97 Å². The zero-order valence-electron chi connectivity index (χ0n) is 8.39. The van der Waals surface area contributed by atoms with Gasteiger partial charge in [0.25, 0.3) is 0 Å². The molecule has 0 N–H and O–H groups in total. The van der Waals surface area contributed by atoms with E-state index in [2.05, 4.69) is 16.0 Å². The lowest BCUT2D eigenvalue weighted by molar-refractivity contribution is 1.21. The molecular formula is C12H8ClN3. The van der Waals surface area contributed by atoms with Gasteiger partial charge in [-0.15, -0.1) is 0 Å². The number of halogens is 1. The third-order valence-electron chi connectivity index (χ3n) is 2.19. The summed E-state index contributed by atoms with van der Waals surface area (Å²) in [4.78, 5) is 8.16. The van der Waals surface area contributed by atoms with Crippen LogP contribution in [0, 0.1) is 11.3 Å². The summed E-state index contributed by atoms with van der Waals surface area (Å²) >= 11 is 6.19. The molecule has 2 heterocycles. The van der Waals surface area contributed by atoms with Crippen LogP contribution in [0.3, 0.4) is 0 Å². The van der Waals surface area contributed by atoms with Crippen LogP contribution in [0.4, 0.5) is 0 Å². The van der Waals surface area contributed by atoms with Crippen molar-refractivity contribution in [2.75, 3.05) is 0 Å². The summed E-state index contributed by atoms with van der Waals surface area (Å²) in [7, 11) is 0. The number of hydrogen-bond acceptors (Lipinski definition) is 3. The second-order valence-electron chi connectivity index (χ2n) is 3.20. The highest BCUT2D eigenvalue weighted by Gasteiger charge is 2.08. The van der Waals surface area contributed by atoms with E-state index in [1.807, 2.05) is 12.1 Å². The van der Waals surface area contributed by atoms with Crippen LogP contribution in [-0.2, 0) is 6.42 Å². The van der Waals surface area contributed by atoms with Crippen molar-refractivity contribution in [3.8, 4) is 17.3 Å². The minimum atomic E-state index is 0.291. The molecule has 0 fully saturated rings. The molecule has 0 radical (unpaired) electrons. The average Bonchev–Trinajstić information content (AvgIpc) is 2.33. The molecule has 0 saturated heterocycles. The van der Waals surface area contributed by atoms with Gasteiger partial charge in [0.15, 0.2) is 0 Å². The summed E-state index contributed by atoms with van der Waals surface area (Å²) < 4.78 is 0. The van der Waals surface area contributed by atoms with Gasteiger partial charge in [0.05, 0.1) is 23.2 Å². The molecule has 0 unspecified atom stereocenters. The van der Waals surface area contributed by atoms with Gasteiger partial charge in [-0.05, 0) is 23.8 Å². The maximum absolute atomic E-state index is 8.67. The van der Waals surface area contributed by atoms with Crippen LogP contribution in [0.25, 0.3) is 11.3 Å². The Kier molecular flexibility index (Phi) is 3.13. The van der Waals surface area contributed by atoms with Crippen molar-refractivity contribution >= 4 is 11.6 Å². The molecule has 2 aromatic rings. The predicted octanol–water partition coefficient (Wildman–Crippen LogP) is 2.86. The highest BCUT2D eigenvalue weighted by Crippen LogP contribution is 2.28. The number of nitriles is 1. The molecule has 0 aliphatic heterocycles. The highest BCUT2D eigenvalue weighted by atomic mass is 35.5. The van der Waals surface area contributed by atoms with Crippen LogP contribution in [0.1, 0.15) is 5.56 Å². The summed E-state index contributed by atoms with van der Waals surface area (Å²) in [6.45, 7) is 0. The van der Waals surface area contributed by atoms with Gasteiger partial charge in [-0.25, -0.2) is 0 Å². The molecule has 0 amide bonds. The van der Waals surface area contributed by atoms with Gasteiger partial charge in [0.2, 0.25) is 0 Å². The molecule has 0 spiro atoms. The molecule has 0 aliphatic carbocycles. The standard InChI is InChI=1S/C12H8ClN3/c13-11-9(1-5-14)4-8-16-12(11)10-2-6-15-7-3-10/h2-4,6-8H,1H2. The molecule has 0 bridgehead atoms. The van der Waals surface area contributed by atoms with E-state index in [4.69, 9.17) is 16.9 Å². The smallest absolute Gasteiger partial charge is 0.0892 e. The Labute approximate surface area is 98.4 Å². The Morgan fingerprint density at radius 2 is 1.94 bits per heavy atom. The van der Waals surface area contributed by atoms with Crippen molar-refractivity contribution < 1.29 is 0 Å². The van der Waals surface area contributed by atoms with E-state index >= 15 is 0 Å². The normalized spacial score (nSPS) is 9.75. The molecule has 3 nitrogen and oxygen atoms in total. The zero-order chi connectivity index (χ0) is 11.4. The fraction of sp³-hybridized carbons (Fsp3) is 0.0833. The van der Waals surface area contributed by atoms with E-state index in [1.54, 1.807) is 24.7 Å². The van der Waals surface area contributed by atoms with Crippen molar-refractivity contribution in [3.05, 3.63) is 47.4 Å². The largest absolute Gasteiger partial charge is 0.265 e. The summed E-state index contributed by atoms with van der Waals surface area (Å²) in [5.74, 6) is 0. The molecule has 0 saturated carbocycles.